The molecule has 0 aliphatic rings. The van der Waals surface area contributed by atoms with Crippen LogP contribution in [-0.2, 0) is 0 Å². The van der Waals surface area contributed by atoms with Crippen LogP contribution in [0.1, 0.15) is 71.0 Å². The molecular weight excluding hydrogens is 399 g/mol. The summed E-state index contributed by atoms with van der Waals surface area (Å²) in [5.41, 5.74) is 1.00. The zero-order chi connectivity index (χ0) is 17.7. The van der Waals surface area contributed by atoms with E-state index < -0.39 is 24.5 Å². The van der Waals surface area contributed by atoms with E-state index in [-0.39, 0.29) is 0 Å². The Labute approximate surface area is 154 Å². The van der Waals surface area contributed by atoms with E-state index in [2.05, 4.69) is 26.8 Å². The van der Waals surface area contributed by atoms with Crippen molar-refractivity contribution in [2.24, 2.45) is 0 Å². The third-order valence-corrected chi connectivity index (χ3v) is 20.4. The normalized spacial score (nSPS) is 13.5. The van der Waals surface area contributed by atoms with Gasteiger partial charge in [-0.3, -0.25) is 0 Å². The summed E-state index contributed by atoms with van der Waals surface area (Å²) in [4.78, 5) is 0. The van der Waals surface area contributed by atoms with Gasteiger partial charge < -0.3 is 0 Å². The first-order valence-electron chi connectivity index (χ1n) is 10.1. The van der Waals surface area contributed by atoms with Crippen molar-refractivity contribution in [1.82, 2.24) is 0 Å². The topological polar surface area (TPSA) is 20.2 Å². The van der Waals surface area contributed by atoms with Gasteiger partial charge in [0.15, 0.2) is 0 Å². The summed E-state index contributed by atoms with van der Waals surface area (Å²) in [6, 6.07) is 10.0. The van der Waals surface area contributed by atoms with Crippen molar-refractivity contribution < 1.29 is 5.11 Å². The van der Waals surface area contributed by atoms with Crippen LogP contribution in [0.3, 0.4) is 0 Å². The Hall–Kier alpha value is -0.281. The summed E-state index contributed by atoms with van der Waals surface area (Å²) in [5.74, 6) is 0. The Kier molecular flexibility index (Phi) is 11.8. The van der Waals surface area contributed by atoms with Gasteiger partial charge in [-0.15, -0.1) is 0 Å². The zero-order valence-corrected chi connectivity index (χ0v) is 19.0. The number of aliphatic hydroxyl groups is 1. The maximum atomic E-state index is 10.4. The molecule has 0 amide bonds. The molecule has 1 N–H and O–H groups in total. The second kappa shape index (κ2) is 13.0. The van der Waals surface area contributed by atoms with E-state index >= 15 is 0 Å². The molecule has 0 saturated heterocycles. The molecule has 0 aliphatic carbocycles. The second-order valence-corrected chi connectivity index (χ2v) is 21.3. The van der Waals surface area contributed by atoms with Crippen LogP contribution in [-0.4, -0.2) is 23.5 Å². The van der Waals surface area contributed by atoms with Gasteiger partial charge in [0.05, 0.1) is 0 Å². The van der Waals surface area contributed by atoms with Gasteiger partial charge in [-0.2, -0.15) is 0 Å². The molecule has 0 aliphatic heterocycles. The van der Waals surface area contributed by atoms with Crippen LogP contribution in [0.15, 0.2) is 42.5 Å². The molecule has 0 aromatic heterocycles. The third kappa shape index (κ3) is 8.20. The molecule has 1 atom stereocenters. The Bertz CT molecular complexity index is 419. The molecule has 0 spiro atoms. The average molecular weight is 437 g/mol. The van der Waals surface area contributed by atoms with Crippen LogP contribution in [0, 0.1) is 0 Å². The first-order valence-corrected chi connectivity index (χ1v) is 18.1. The molecule has 1 aromatic rings. The van der Waals surface area contributed by atoms with Crippen molar-refractivity contribution in [3.63, 3.8) is 0 Å². The first-order chi connectivity index (χ1) is 11.7. The van der Waals surface area contributed by atoms with E-state index in [1.807, 2.05) is 36.4 Å². The Morgan fingerprint density at radius 2 is 1.38 bits per heavy atom. The van der Waals surface area contributed by atoms with E-state index in [1.165, 1.54) is 56.3 Å². The summed E-state index contributed by atoms with van der Waals surface area (Å²) < 4.78 is 5.93. The van der Waals surface area contributed by atoms with Gasteiger partial charge in [0.1, 0.15) is 0 Å². The van der Waals surface area contributed by atoms with Crippen molar-refractivity contribution in [1.29, 1.82) is 0 Å². The molecule has 2 heteroatoms. The number of rotatable bonds is 13. The van der Waals surface area contributed by atoms with Gasteiger partial charge in [-0.25, -0.2) is 0 Å². The SMILES string of the molecule is CCC[CH2][Sn]([CH2]/C=C/C(O)c1ccccc1)([CH2]CCC)[CH2]CCC. The standard InChI is InChI=1S/C10H11O.3C4H9.Sn/c1-2-6-10(11)9-7-4-3-5-8-9;3*1-3-4-2;/h2-8,10-11H,1H2;3*1,3-4H2,2H3;/b6-2+;;;;. The fourth-order valence-corrected chi connectivity index (χ4v) is 18.7. The number of hydrogen-bond acceptors (Lipinski definition) is 1. The zero-order valence-electron chi connectivity index (χ0n) is 16.1. The monoisotopic (exact) mass is 438 g/mol. The van der Waals surface area contributed by atoms with Crippen LogP contribution < -0.4 is 0 Å². The van der Waals surface area contributed by atoms with Crippen molar-refractivity contribution in [2.75, 3.05) is 0 Å². The average Bonchev–Trinajstić information content (AvgIpc) is 2.63. The fourth-order valence-electron chi connectivity index (χ4n) is 3.54. The van der Waals surface area contributed by atoms with Crippen LogP contribution in [0.4, 0.5) is 0 Å². The third-order valence-electron chi connectivity index (χ3n) is 5.19. The number of unbranched alkanes of at least 4 members (excludes halogenated alkanes) is 3. The molecule has 0 heterocycles. The maximum absolute atomic E-state index is 10.4. The quantitative estimate of drug-likeness (QED) is 0.257. The van der Waals surface area contributed by atoms with Crippen LogP contribution in [0.25, 0.3) is 0 Å². The van der Waals surface area contributed by atoms with E-state index in [0.717, 1.165) is 5.56 Å². The Morgan fingerprint density at radius 3 is 1.83 bits per heavy atom. The number of benzene rings is 1. The van der Waals surface area contributed by atoms with Crippen LogP contribution in [0.5, 0.6) is 0 Å². The van der Waals surface area contributed by atoms with Crippen molar-refractivity contribution in [3.05, 3.63) is 48.0 Å². The molecule has 0 saturated carbocycles. The van der Waals surface area contributed by atoms with Gasteiger partial charge in [0.2, 0.25) is 0 Å². The fraction of sp³-hybridized carbons (Fsp3) is 0.636. The van der Waals surface area contributed by atoms with Gasteiger partial charge >= 0.3 is 155 Å². The van der Waals surface area contributed by atoms with Gasteiger partial charge in [-0.1, -0.05) is 0 Å². The number of aliphatic hydroxyl groups excluding tert-OH is 1. The Morgan fingerprint density at radius 1 is 0.875 bits per heavy atom. The molecule has 24 heavy (non-hydrogen) atoms. The van der Waals surface area contributed by atoms with Crippen molar-refractivity contribution >= 4 is 18.4 Å². The van der Waals surface area contributed by atoms with Crippen LogP contribution >= 0.6 is 0 Å². The molecule has 0 radical (unpaired) electrons. The van der Waals surface area contributed by atoms with E-state index in [4.69, 9.17) is 0 Å². The van der Waals surface area contributed by atoms with E-state index in [9.17, 15) is 5.11 Å². The van der Waals surface area contributed by atoms with Gasteiger partial charge in [0.25, 0.3) is 0 Å². The summed E-state index contributed by atoms with van der Waals surface area (Å²) in [7, 11) is 0. The van der Waals surface area contributed by atoms with Crippen LogP contribution in [0.2, 0.25) is 17.7 Å². The molecule has 136 valence electrons. The molecule has 1 aromatic carbocycles. The molecule has 1 rings (SSSR count). The first kappa shape index (κ1) is 21.8. The molecular formula is C22H38OSn. The van der Waals surface area contributed by atoms with Crippen molar-refractivity contribution in [2.45, 2.75) is 83.1 Å². The summed E-state index contributed by atoms with van der Waals surface area (Å²) in [6.45, 7) is 6.97. The molecule has 1 nitrogen and oxygen atoms in total. The summed E-state index contributed by atoms with van der Waals surface area (Å²) >= 11 is -2.08. The Balaban J connectivity index is 2.74. The predicted octanol–water partition coefficient (Wildman–Crippen LogP) is 7.13. The van der Waals surface area contributed by atoms with Gasteiger partial charge in [-0.05, 0) is 0 Å². The predicted molar refractivity (Wildman–Crippen MR) is 110 cm³/mol. The number of hydrogen-bond donors (Lipinski definition) is 1. The summed E-state index contributed by atoms with van der Waals surface area (Å²) in [5, 5.41) is 10.4. The van der Waals surface area contributed by atoms with Crippen molar-refractivity contribution in [3.8, 4) is 0 Å². The summed E-state index contributed by atoms with van der Waals surface area (Å²) in [6.07, 6.45) is 12.2. The second-order valence-electron chi connectivity index (χ2n) is 7.30. The molecule has 0 bridgehead atoms. The van der Waals surface area contributed by atoms with E-state index in [0.29, 0.717) is 0 Å². The number of allylic oxidation sites excluding steroid dienone is 1. The minimum absolute atomic E-state index is 0.446. The molecule has 1 unspecified atom stereocenters. The molecule has 0 fully saturated rings. The van der Waals surface area contributed by atoms with E-state index in [1.54, 1.807) is 0 Å². The minimum atomic E-state index is -2.08. The van der Waals surface area contributed by atoms with Gasteiger partial charge in [0, 0.05) is 0 Å².